The summed E-state index contributed by atoms with van der Waals surface area (Å²) in [7, 11) is 0. The van der Waals surface area contributed by atoms with E-state index in [1.807, 2.05) is 0 Å². The van der Waals surface area contributed by atoms with Gasteiger partial charge in [0.15, 0.2) is 0 Å². The molecule has 5 nitrogen and oxygen atoms in total. The topological polar surface area (TPSA) is 80.9 Å². The fourth-order valence-electron chi connectivity index (χ4n) is 1.43. The molecule has 0 radical (unpaired) electrons. The first-order valence-electron chi connectivity index (χ1n) is 4.52. The first-order valence-corrected chi connectivity index (χ1v) is 5.29. The smallest absolute Gasteiger partial charge is 0.229 e. The molecule has 2 rings (SSSR count). The first-order chi connectivity index (χ1) is 6.65. The Labute approximate surface area is 85.9 Å². The molecule has 1 aliphatic carbocycles. The van der Waals surface area contributed by atoms with Gasteiger partial charge in [0, 0.05) is 23.5 Å². The van der Waals surface area contributed by atoms with Crippen molar-refractivity contribution in [2.75, 3.05) is 5.32 Å². The number of carbonyl (C=O) groups is 1. The van der Waals surface area contributed by atoms with Crippen LogP contribution in [0.25, 0.3) is 0 Å². The molecular formula is C8H12N4OS. The van der Waals surface area contributed by atoms with Crippen LogP contribution in [0.5, 0.6) is 0 Å². The summed E-state index contributed by atoms with van der Waals surface area (Å²) in [6, 6.07) is 0.196. The molecule has 0 bridgehead atoms. The second kappa shape index (κ2) is 3.62. The molecule has 3 N–H and O–H groups in total. The summed E-state index contributed by atoms with van der Waals surface area (Å²) in [4.78, 5) is 15.6. The van der Waals surface area contributed by atoms with Crippen LogP contribution in [0, 0.1) is 12.8 Å². The number of carbonyl (C=O) groups excluding carboxylic acids is 1. The average Bonchev–Trinajstić information content (AvgIpc) is 2.45. The van der Waals surface area contributed by atoms with E-state index in [1.54, 1.807) is 6.92 Å². The van der Waals surface area contributed by atoms with E-state index < -0.39 is 0 Å². The molecule has 0 saturated heterocycles. The van der Waals surface area contributed by atoms with Gasteiger partial charge in [-0.1, -0.05) is 0 Å². The van der Waals surface area contributed by atoms with Crippen molar-refractivity contribution in [1.29, 1.82) is 0 Å². The predicted octanol–water partition coefficient (Wildman–Crippen LogP) is 0.522. The van der Waals surface area contributed by atoms with Crippen LogP contribution in [0.3, 0.4) is 0 Å². The van der Waals surface area contributed by atoms with Crippen molar-refractivity contribution < 1.29 is 4.79 Å². The van der Waals surface area contributed by atoms with E-state index in [2.05, 4.69) is 14.7 Å². The number of rotatable bonds is 2. The highest BCUT2D eigenvalue weighted by Crippen LogP contribution is 2.27. The lowest BCUT2D eigenvalue weighted by molar-refractivity contribution is -0.122. The van der Waals surface area contributed by atoms with Gasteiger partial charge in [-0.3, -0.25) is 4.79 Å². The van der Waals surface area contributed by atoms with E-state index >= 15 is 0 Å². The third-order valence-corrected chi connectivity index (χ3v) is 3.02. The van der Waals surface area contributed by atoms with Crippen molar-refractivity contribution in [3.8, 4) is 0 Å². The van der Waals surface area contributed by atoms with Gasteiger partial charge in [0.2, 0.25) is 11.0 Å². The zero-order valence-electron chi connectivity index (χ0n) is 7.86. The number of nitrogens with one attached hydrogen (secondary N) is 1. The molecule has 1 aromatic heterocycles. The number of anilines is 1. The molecular weight excluding hydrogens is 200 g/mol. The van der Waals surface area contributed by atoms with Crippen LogP contribution >= 0.6 is 11.5 Å². The van der Waals surface area contributed by atoms with E-state index in [4.69, 9.17) is 5.73 Å². The average molecular weight is 212 g/mol. The van der Waals surface area contributed by atoms with Gasteiger partial charge in [0.1, 0.15) is 5.82 Å². The van der Waals surface area contributed by atoms with E-state index in [0.29, 0.717) is 11.0 Å². The van der Waals surface area contributed by atoms with E-state index in [9.17, 15) is 4.79 Å². The molecule has 0 spiro atoms. The number of amides is 1. The Hall–Kier alpha value is -1.01. The second-order valence-corrected chi connectivity index (χ2v) is 4.32. The number of nitrogens with two attached hydrogens (primary N) is 1. The summed E-state index contributed by atoms with van der Waals surface area (Å²) in [6.45, 7) is 1.80. The molecule has 6 heteroatoms. The van der Waals surface area contributed by atoms with Crippen molar-refractivity contribution in [3.05, 3.63) is 5.82 Å². The van der Waals surface area contributed by atoms with Crippen molar-refractivity contribution in [3.63, 3.8) is 0 Å². The Balaban J connectivity index is 1.89. The fraction of sp³-hybridized carbons (Fsp3) is 0.625. The van der Waals surface area contributed by atoms with Gasteiger partial charge in [0.05, 0.1) is 0 Å². The normalized spacial score (nSPS) is 25.6. The number of aryl methyl sites for hydroxylation is 1. The van der Waals surface area contributed by atoms with Gasteiger partial charge in [0.25, 0.3) is 0 Å². The maximum atomic E-state index is 11.5. The van der Waals surface area contributed by atoms with Crippen molar-refractivity contribution in [1.82, 2.24) is 9.36 Å². The Morgan fingerprint density at radius 3 is 2.86 bits per heavy atom. The molecule has 1 aromatic rings. The van der Waals surface area contributed by atoms with Gasteiger partial charge in [-0.15, -0.1) is 0 Å². The summed E-state index contributed by atoms with van der Waals surface area (Å²) >= 11 is 1.21. The Morgan fingerprint density at radius 1 is 1.64 bits per heavy atom. The molecule has 1 aliphatic rings. The molecule has 1 fully saturated rings. The molecule has 0 aliphatic heterocycles. The van der Waals surface area contributed by atoms with Crippen molar-refractivity contribution in [2.24, 2.45) is 11.7 Å². The molecule has 0 atom stereocenters. The zero-order valence-corrected chi connectivity index (χ0v) is 8.67. The van der Waals surface area contributed by atoms with Crippen molar-refractivity contribution >= 4 is 22.6 Å². The first kappa shape index (κ1) is 9.54. The Morgan fingerprint density at radius 2 is 2.36 bits per heavy atom. The van der Waals surface area contributed by atoms with Crippen molar-refractivity contribution in [2.45, 2.75) is 25.8 Å². The highest BCUT2D eigenvalue weighted by Gasteiger charge is 2.32. The lowest BCUT2D eigenvalue weighted by atomic mass is 9.80. The monoisotopic (exact) mass is 212 g/mol. The molecule has 1 amide bonds. The maximum absolute atomic E-state index is 11.5. The van der Waals surface area contributed by atoms with Gasteiger partial charge in [-0.25, -0.2) is 4.98 Å². The minimum Gasteiger partial charge on any atom is -0.328 e. The van der Waals surface area contributed by atoms with Crippen LogP contribution in [-0.2, 0) is 4.79 Å². The highest BCUT2D eigenvalue weighted by atomic mass is 32.1. The lowest BCUT2D eigenvalue weighted by Gasteiger charge is -2.30. The van der Waals surface area contributed by atoms with Gasteiger partial charge >= 0.3 is 0 Å². The molecule has 14 heavy (non-hydrogen) atoms. The minimum atomic E-state index is 0.0165. The van der Waals surface area contributed by atoms with E-state index in [1.165, 1.54) is 11.5 Å². The largest absolute Gasteiger partial charge is 0.328 e. The Kier molecular flexibility index (Phi) is 2.47. The number of hydrogen-bond acceptors (Lipinski definition) is 5. The standard InChI is InChI=1S/C8H12N4OS/c1-4-10-8(14-12-4)11-7(13)5-2-6(9)3-5/h5-6H,2-3,9H2,1H3,(H,10,11,12,13). The van der Waals surface area contributed by atoms with Gasteiger partial charge in [-0.2, -0.15) is 4.37 Å². The zero-order chi connectivity index (χ0) is 10.1. The van der Waals surface area contributed by atoms with Crippen LogP contribution in [0.4, 0.5) is 5.13 Å². The SMILES string of the molecule is Cc1nsc(NC(=O)C2CC(N)C2)n1. The van der Waals surface area contributed by atoms with Crippen LogP contribution in [0.2, 0.25) is 0 Å². The molecule has 0 unspecified atom stereocenters. The van der Waals surface area contributed by atoms with Crippen LogP contribution in [-0.4, -0.2) is 21.3 Å². The summed E-state index contributed by atoms with van der Waals surface area (Å²) in [5.41, 5.74) is 5.60. The van der Waals surface area contributed by atoms with Gasteiger partial charge < -0.3 is 11.1 Å². The van der Waals surface area contributed by atoms with Crippen LogP contribution in [0.1, 0.15) is 18.7 Å². The number of aromatic nitrogens is 2. The Bertz CT molecular complexity index is 345. The predicted molar refractivity (Wildman–Crippen MR) is 54.0 cm³/mol. The third kappa shape index (κ3) is 1.91. The third-order valence-electron chi connectivity index (χ3n) is 2.30. The fourth-order valence-corrected chi connectivity index (χ4v) is 2.01. The summed E-state index contributed by atoms with van der Waals surface area (Å²) in [5.74, 6) is 0.771. The van der Waals surface area contributed by atoms with E-state index in [0.717, 1.165) is 12.8 Å². The summed E-state index contributed by atoms with van der Waals surface area (Å²) in [5, 5.41) is 3.31. The lowest BCUT2D eigenvalue weighted by Crippen LogP contribution is -2.42. The highest BCUT2D eigenvalue weighted by molar-refractivity contribution is 7.09. The molecule has 76 valence electrons. The van der Waals surface area contributed by atoms with E-state index in [-0.39, 0.29) is 17.9 Å². The van der Waals surface area contributed by atoms with Gasteiger partial charge in [-0.05, 0) is 19.8 Å². The molecule has 1 heterocycles. The van der Waals surface area contributed by atoms with Crippen LogP contribution < -0.4 is 11.1 Å². The van der Waals surface area contributed by atoms with Crippen LogP contribution in [0.15, 0.2) is 0 Å². The molecule has 1 saturated carbocycles. The number of hydrogen-bond donors (Lipinski definition) is 2. The summed E-state index contributed by atoms with van der Waals surface area (Å²) in [6.07, 6.45) is 1.56. The number of nitrogens with zero attached hydrogens (tertiary/aromatic N) is 2. The minimum absolute atomic E-state index is 0.0165. The quantitative estimate of drug-likeness (QED) is 0.749. The maximum Gasteiger partial charge on any atom is 0.229 e. The summed E-state index contributed by atoms with van der Waals surface area (Å²) < 4.78 is 3.98. The second-order valence-electron chi connectivity index (χ2n) is 3.56. The molecule has 0 aromatic carbocycles.